The van der Waals surface area contributed by atoms with Gasteiger partial charge in [-0.1, -0.05) is 0 Å². The largest absolute Gasteiger partial charge is 0.496 e. The number of nitrogens with zero attached hydrogens (tertiary/aromatic N) is 4. The van der Waals surface area contributed by atoms with Gasteiger partial charge in [-0.05, 0) is 36.8 Å². The maximum Gasteiger partial charge on any atom is 0.333 e. The van der Waals surface area contributed by atoms with Crippen molar-refractivity contribution in [3.63, 3.8) is 0 Å². The van der Waals surface area contributed by atoms with Crippen LogP contribution < -0.4 is 10.4 Å². The van der Waals surface area contributed by atoms with Crippen molar-refractivity contribution in [1.82, 2.24) is 14.1 Å². The average molecular weight is 362 g/mol. The standard InChI is InChI=1S/C20H15FN4O2/c1-11-6-13-15(8-18(11)27-3)23-10-17-19(13)25(20(26)24(17)2)16-5-4-12(9-22)7-14(16)21/h4-8,10H,1-3H3. The second kappa shape index (κ2) is 5.95. The Morgan fingerprint density at radius 1 is 1.26 bits per heavy atom. The third kappa shape index (κ3) is 2.38. The Morgan fingerprint density at radius 2 is 2.04 bits per heavy atom. The van der Waals surface area contributed by atoms with Crippen LogP contribution in [0.3, 0.4) is 0 Å². The fourth-order valence-electron chi connectivity index (χ4n) is 3.33. The number of ether oxygens (including phenoxy) is 1. The molecule has 0 unspecified atom stereocenters. The van der Waals surface area contributed by atoms with Crippen molar-refractivity contribution < 1.29 is 9.13 Å². The Labute approximate surface area is 153 Å². The van der Waals surface area contributed by atoms with E-state index in [1.807, 2.05) is 19.1 Å². The summed E-state index contributed by atoms with van der Waals surface area (Å²) in [5.74, 6) is 0.0441. The molecule has 0 aliphatic carbocycles. The zero-order chi connectivity index (χ0) is 19.3. The van der Waals surface area contributed by atoms with Crippen LogP contribution in [0.15, 0.2) is 41.3 Å². The van der Waals surface area contributed by atoms with Gasteiger partial charge in [0.25, 0.3) is 0 Å². The summed E-state index contributed by atoms with van der Waals surface area (Å²) in [5, 5.41) is 9.68. The van der Waals surface area contributed by atoms with Gasteiger partial charge in [-0.3, -0.25) is 14.1 Å². The third-order valence-electron chi connectivity index (χ3n) is 4.72. The molecule has 27 heavy (non-hydrogen) atoms. The maximum absolute atomic E-state index is 14.7. The summed E-state index contributed by atoms with van der Waals surface area (Å²) in [7, 11) is 3.20. The molecule has 4 aromatic rings. The summed E-state index contributed by atoms with van der Waals surface area (Å²) in [6.45, 7) is 1.89. The molecule has 0 amide bonds. The molecule has 0 atom stereocenters. The van der Waals surface area contributed by atoms with Gasteiger partial charge in [0.2, 0.25) is 0 Å². The molecule has 134 valence electrons. The number of hydrogen-bond donors (Lipinski definition) is 0. The summed E-state index contributed by atoms with van der Waals surface area (Å²) in [5.41, 5.74) is 2.54. The molecule has 0 spiro atoms. The van der Waals surface area contributed by atoms with E-state index in [0.717, 1.165) is 11.6 Å². The van der Waals surface area contributed by atoms with Crippen molar-refractivity contribution in [3.8, 4) is 17.5 Å². The molecule has 0 fully saturated rings. The minimum atomic E-state index is -0.640. The quantitative estimate of drug-likeness (QED) is 0.549. The molecule has 0 radical (unpaired) electrons. The lowest BCUT2D eigenvalue weighted by atomic mass is 10.1. The van der Waals surface area contributed by atoms with Crippen molar-refractivity contribution >= 4 is 21.9 Å². The lowest BCUT2D eigenvalue weighted by Crippen LogP contribution is -2.21. The lowest BCUT2D eigenvalue weighted by molar-refractivity contribution is 0.412. The first kappa shape index (κ1) is 16.8. The summed E-state index contributed by atoms with van der Waals surface area (Å²) in [6, 6.07) is 9.62. The van der Waals surface area contributed by atoms with Crippen LogP contribution in [0.1, 0.15) is 11.1 Å². The zero-order valence-corrected chi connectivity index (χ0v) is 14.9. The number of imidazole rings is 1. The minimum Gasteiger partial charge on any atom is -0.496 e. The van der Waals surface area contributed by atoms with Gasteiger partial charge in [-0.25, -0.2) is 9.18 Å². The van der Waals surface area contributed by atoms with E-state index in [4.69, 9.17) is 10.00 Å². The molecule has 0 aliphatic rings. The highest BCUT2D eigenvalue weighted by Gasteiger charge is 2.19. The topological polar surface area (TPSA) is 72.8 Å². The number of pyridine rings is 1. The molecular weight excluding hydrogens is 347 g/mol. The van der Waals surface area contributed by atoms with Gasteiger partial charge in [-0.2, -0.15) is 5.26 Å². The fourth-order valence-corrected chi connectivity index (χ4v) is 3.33. The fraction of sp³-hybridized carbons (Fsp3) is 0.150. The van der Waals surface area contributed by atoms with E-state index in [0.29, 0.717) is 27.7 Å². The first-order chi connectivity index (χ1) is 13.0. The van der Waals surface area contributed by atoms with E-state index in [1.165, 1.54) is 21.3 Å². The van der Waals surface area contributed by atoms with Crippen LogP contribution in [0.25, 0.3) is 27.6 Å². The van der Waals surface area contributed by atoms with Crippen LogP contribution >= 0.6 is 0 Å². The van der Waals surface area contributed by atoms with Gasteiger partial charge in [0.1, 0.15) is 11.6 Å². The normalized spacial score (nSPS) is 11.1. The average Bonchev–Trinajstić information content (AvgIpc) is 2.92. The number of methoxy groups -OCH3 is 1. The SMILES string of the molecule is COc1cc2ncc3c(c2cc1C)n(-c1ccc(C#N)cc1F)c(=O)n3C. The summed E-state index contributed by atoms with van der Waals surface area (Å²) in [4.78, 5) is 17.3. The van der Waals surface area contributed by atoms with Crippen molar-refractivity contribution in [1.29, 1.82) is 5.26 Å². The highest BCUT2D eigenvalue weighted by atomic mass is 19.1. The third-order valence-corrected chi connectivity index (χ3v) is 4.72. The molecule has 0 saturated heterocycles. The number of aryl methyl sites for hydroxylation is 2. The molecule has 0 saturated carbocycles. The molecule has 4 rings (SSSR count). The van der Waals surface area contributed by atoms with Crippen molar-refractivity contribution in [2.24, 2.45) is 7.05 Å². The van der Waals surface area contributed by atoms with Crippen LogP contribution in [0.2, 0.25) is 0 Å². The van der Waals surface area contributed by atoms with Crippen molar-refractivity contribution in [2.75, 3.05) is 7.11 Å². The van der Waals surface area contributed by atoms with Gasteiger partial charge >= 0.3 is 5.69 Å². The Balaban J connectivity index is 2.18. The van der Waals surface area contributed by atoms with Crippen LogP contribution in [0.4, 0.5) is 4.39 Å². The molecule has 7 heteroatoms. The van der Waals surface area contributed by atoms with E-state index in [-0.39, 0.29) is 11.3 Å². The first-order valence-corrected chi connectivity index (χ1v) is 8.21. The maximum atomic E-state index is 14.7. The molecule has 6 nitrogen and oxygen atoms in total. The number of rotatable bonds is 2. The molecule has 2 aromatic heterocycles. The first-order valence-electron chi connectivity index (χ1n) is 8.21. The van der Waals surface area contributed by atoms with Crippen molar-refractivity contribution in [2.45, 2.75) is 6.92 Å². The van der Waals surface area contributed by atoms with E-state index in [1.54, 1.807) is 26.4 Å². The molecule has 2 aromatic carbocycles. The predicted octanol–water partition coefficient (Wildman–Crippen LogP) is 3.21. The summed E-state index contributed by atoms with van der Waals surface area (Å²) < 4.78 is 22.8. The van der Waals surface area contributed by atoms with E-state index < -0.39 is 11.5 Å². The number of hydrogen-bond acceptors (Lipinski definition) is 4. The zero-order valence-electron chi connectivity index (χ0n) is 14.9. The summed E-state index contributed by atoms with van der Waals surface area (Å²) >= 11 is 0. The van der Waals surface area contributed by atoms with E-state index in [9.17, 15) is 9.18 Å². The monoisotopic (exact) mass is 362 g/mol. The number of nitriles is 1. The van der Waals surface area contributed by atoms with Gasteiger partial charge in [0.15, 0.2) is 0 Å². The van der Waals surface area contributed by atoms with Crippen LogP contribution in [0.5, 0.6) is 5.75 Å². The molecule has 0 bridgehead atoms. The number of aromatic nitrogens is 3. The highest BCUT2D eigenvalue weighted by molar-refractivity contribution is 6.03. The molecular formula is C20H15FN4O2. The second-order valence-electron chi connectivity index (χ2n) is 6.29. The Hall–Kier alpha value is -3.66. The van der Waals surface area contributed by atoms with Crippen molar-refractivity contribution in [3.05, 3.63) is 64.0 Å². The molecule has 2 heterocycles. The number of benzene rings is 2. The Kier molecular flexibility index (Phi) is 3.70. The Bertz CT molecular complexity index is 1330. The van der Waals surface area contributed by atoms with Gasteiger partial charge in [0, 0.05) is 18.5 Å². The van der Waals surface area contributed by atoms with Gasteiger partial charge < -0.3 is 4.74 Å². The van der Waals surface area contributed by atoms with Crippen LogP contribution in [0, 0.1) is 24.1 Å². The molecule has 0 aliphatic heterocycles. The molecule has 0 N–H and O–H groups in total. The second-order valence-corrected chi connectivity index (χ2v) is 6.29. The minimum absolute atomic E-state index is 0.0885. The number of halogens is 1. The number of fused-ring (bicyclic) bond motifs is 3. The van der Waals surface area contributed by atoms with Crippen LogP contribution in [-0.2, 0) is 7.05 Å². The Morgan fingerprint density at radius 3 is 2.70 bits per heavy atom. The van der Waals surface area contributed by atoms with E-state index >= 15 is 0 Å². The van der Waals surface area contributed by atoms with Gasteiger partial charge in [-0.15, -0.1) is 0 Å². The summed E-state index contributed by atoms with van der Waals surface area (Å²) in [6.07, 6.45) is 1.59. The lowest BCUT2D eigenvalue weighted by Gasteiger charge is -2.10. The predicted molar refractivity (Wildman–Crippen MR) is 99.8 cm³/mol. The van der Waals surface area contributed by atoms with Gasteiger partial charge in [0.05, 0.1) is 47.2 Å². The highest BCUT2D eigenvalue weighted by Crippen LogP contribution is 2.30. The smallest absolute Gasteiger partial charge is 0.333 e. The van der Waals surface area contributed by atoms with E-state index in [2.05, 4.69) is 4.98 Å². The van der Waals surface area contributed by atoms with Crippen LogP contribution in [-0.4, -0.2) is 21.2 Å².